The van der Waals surface area contributed by atoms with Gasteiger partial charge in [0.2, 0.25) is 0 Å². The lowest BCUT2D eigenvalue weighted by Gasteiger charge is -2.65. The quantitative estimate of drug-likeness (QED) is 0.146. The number of aliphatic hydroxyl groups excluding tert-OH is 1. The van der Waals surface area contributed by atoms with Crippen molar-refractivity contribution in [1.82, 2.24) is 24.5 Å². The summed E-state index contributed by atoms with van der Waals surface area (Å²) in [6, 6.07) is 29.2. The maximum atomic E-state index is 13.0. The average molecular weight is 1880 g/mol. The van der Waals surface area contributed by atoms with Gasteiger partial charge in [-0.1, -0.05) is 108 Å². The highest BCUT2D eigenvalue weighted by Crippen LogP contribution is 2.71. The topological polar surface area (TPSA) is 159 Å². The van der Waals surface area contributed by atoms with E-state index < -0.39 is 34.2 Å². The second-order valence-corrected chi connectivity index (χ2v) is 55.8. The summed E-state index contributed by atoms with van der Waals surface area (Å²) < 4.78 is 44.6. The molecule has 5 saturated heterocycles. The van der Waals surface area contributed by atoms with Crippen LogP contribution in [0.25, 0.3) is 0 Å². The largest absolute Gasteiger partial charge is 0.488 e. The van der Waals surface area contributed by atoms with Crippen LogP contribution in [0, 0.1) is 17.8 Å². The number of carbonyl (C=O) groups is 1. The Hall–Kier alpha value is -6.47. The number of fused-ring (bicyclic) bond motifs is 2. The number of ether oxygens (including phenoxy) is 7. The Kier molecular flexibility index (Phi) is 23.9. The molecule has 137 heavy (non-hydrogen) atoms. The van der Waals surface area contributed by atoms with E-state index in [-0.39, 0.29) is 91.0 Å². The van der Waals surface area contributed by atoms with Crippen molar-refractivity contribution in [2.45, 2.75) is 497 Å². The van der Waals surface area contributed by atoms with Crippen molar-refractivity contribution in [3.63, 3.8) is 0 Å². The molecule has 19 atom stereocenters. The van der Waals surface area contributed by atoms with Crippen LogP contribution in [0.5, 0.6) is 40.2 Å². The Labute approximate surface area is 825 Å². The summed E-state index contributed by atoms with van der Waals surface area (Å²) in [5.74, 6) is 7.97. The van der Waals surface area contributed by atoms with Gasteiger partial charge >= 0.3 is 0 Å². The average Bonchev–Trinajstić information content (AvgIpc) is 1.53. The van der Waals surface area contributed by atoms with Gasteiger partial charge in [-0.05, 0) is 413 Å². The van der Waals surface area contributed by atoms with Gasteiger partial charge in [0.15, 0.2) is 46.4 Å². The fourth-order valence-corrected chi connectivity index (χ4v) is 32.0. The number of likely N-dealkylation sites (tertiary alicyclic amines) is 5. The van der Waals surface area contributed by atoms with E-state index in [4.69, 9.17) is 33.2 Å². The standard InChI is InChI=1S/C25H35NO3.C24H33NO4.C24H33NO3.C24H37NO.C24H37N/c1-15-10-11-25(27)18-14-16-8-9-17(29-23(5,6)7)20-19(16)24(25,21(15)28-20)12-13-26(18)22(2,3)4;1-21(2,3)25-12-11-23-18-14-7-8-16(29-22(4,5)6)19(18)28-20(23)15(26)9-10-24(23,27)17(25)13-14;1-22(2,3)25-12-11-24-15-8-9-17(26)21(24)27-20-18(28-23(4,5)6)10-7-14(19(20)24)13-16(15)25;1-22(2,3)25-14-13-24-12-8-7-9-19(24)21(25)15-17-10-11-18(16-20(17)24)26-23(4,5)6;1-22(2,3)18-11-10-17-15-21-19-9-7-8-12-24(19,20(17)16-18)13-14-25(21)23(4,5)6/h8-9,18,21,27H,1,10-14H2,2-7H3;7-8,17,20,27H,9-13H2,1-6H3;7-10,15-17,21,26H,11-13H2,1-6H3;10-11,16,19,21H,7-9,12-15H2,1-6H3;10-11,16,19,21H,7-9,12-15H2,1-6H3/t18?,21?,24-,25+;17?,20?,23-,24+;15?,16?,17-,21?,24-;2*19?,21-,24?/m00000/s1. The highest BCUT2D eigenvalue weighted by Gasteiger charge is 2.76. The Morgan fingerprint density at radius 1 is 0.387 bits per heavy atom. The van der Waals surface area contributed by atoms with Crippen LogP contribution in [-0.4, -0.2) is 194 Å². The monoisotopic (exact) mass is 1870 g/mol. The van der Waals surface area contributed by atoms with Crippen LogP contribution in [0.2, 0.25) is 0 Å². The zero-order valence-electron chi connectivity index (χ0n) is 90.2. The number of hydrogen-bond acceptors (Lipinski definition) is 16. The van der Waals surface area contributed by atoms with Crippen molar-refractivity contribution in [1.29, 1.82) is 0 Å². The lowest BCUT2D eigenvalue weighted by Crippen LogP contribution is -2.78. The first kappa shape index (κ1) is 99.3. The van der Waals surface area contributed by atoms with Crippen molar-refractivity contribution in [2.75, 3.05) is 32.7 Å². The molecule has 0 aromatic heterocycles. The van der Waals surface area contributed by atoms with Gasteiger partial charge < -0.3 is 48.5 Å². The molecule has 10 bridgehead atoms. The number of piperidine rings is 5. The Bertz CT molecular complexity index is 5390. The minimum Gasteiger partial charge on any atom is -0.488 e. The van der Waals surface area contributed by atoms with Crippen LogP contribution in [0.4, 0.5) is 0 Å². The van der Waals surface area contributed by atoms with E-state index in [1.807, 2.05) is 32.9 Å². The molecule has 16 nitrogen and oxygen atoms in total. The maximum absolute atomic E-state index is 13.0. The van der Waals surface area contributed by atoms with Gasteiger partial charge in [-0.3, -0.25) is 29.3 Å². The highest BCUT2D eigenvalue weighted by molar-refractivity contribution is 5.90. The first-order chi connectivity index (χ1) is 63.5. The maximum Gasteiger partial charge on any atom is 0.174 e. The number of carbonyl (C=O) groups excluding carboxylic acids is 1. The molecule has 4 saturated carbocycles. The van der Waals surface area contributed by atoms with Crippen LogP contribution in [-0.2, 0) is 69.4 Å². The van der Waals surface area contributed by atoms with E-state index in [0.29, 0.717) is 53.2 Å². The normalized spacial score (nSPS) is 34.6. The molecule has 10 aliphatic carbocycles. The van der Waals surface area contributed by atoms with E-state index in [0.717, 1.165) is 129 Å². The molecule has 0 amide bonds. The first-order valence-corrected chi connectivity index (χ1v) is 53.9. The third-order valence-electron chi connectivity index (χ3n) is 37.0. The minimum absolute atomic E-state index is 0.0108. The van der Waals surface area contributed by atoms with Crippen molar-refractivity contribution in [2.24, 2.45) is 17.8 Å². The number of ketones is 1. The number of aliphatic hydroxyl groups is 3. The number of nitrogens with zero attached hydrogens (tertiary/aromatic N) is 5. The van der Waals surface area contributed by atoms with Crippen LogP contribution in [0.3, 0.4) is 0 Å². The highest BCUT2D eigenvalue weighted by atomic mass is 16.6. The van der Waals surface area contributed by atoms with Crippen molar-refractivity contribution >= 4 is 5.78 Å². The van der Waals surface area contributed by atoms with Gasteiger partial charge in [-0.25, -0.2) is 0 Å². The molecule has 750 valence electrons. The Morgan fingerprint density at radius 2 is 0.781 bits per heavy atom. The van der Waals surface area contributed by atoms with Crippen molar-refractivity contribution in [3.8, 4) is 40.2 Å². The fraction of sp³-hybridized carbons (Fsp3) is 0.711. The van der Waals surface area contributed by atoms with E-state index in [1.54, 1.807) is 22.3 Å². The number of hydrogen-bond donors (Lipinski definition) is 3. The molecular weight excluding hydrogens is 1700 g/mol. The van der Waals surface area contributed by atoms with Crippen LogP contribution in [0.1, 0.15) is 378 Å². The van der Waals surface area contributed by atoms with Crippen molar-refractivity contribution in [3.05, 3.63) is 158 Å². The molecule has 11 unspecified atom stereocenters. The number of rotatable bonds is 4. The summed E-state index contributed by atoms with van der Waals surface area (Å²) in [6.45, 7) is 76.5. The van der Waals surface area contributed by atoms with Gasteiger partial charge in [0, 0.05) is 116 Å². The lowest BCUT2D eigenvalue weighted by atomic mass is 9.48. The molecule has 9 fully saturated rings. The Morgan fingerprint density at radius 3 is 1.24 bits per heavy atom. The SMILES string of the molecule is C=C1CC[C@@]2(O)C3Cc4ccc(OC(C)(C)C)c5c4[C@@]2(CCN3C(C)(C)C)C1O5.CC(C)(C)Oc1ccc2c(c1)C13CCCCC1[C@H](C2)N(C(C)(C)C)CC3.CC(C)(C)Oc1ccc2c3c1OC1C(=O)CC[C@@]4(O)C(C2)N(C(C)(C)C)CC[C@]314.CC(C)(C)Oc1ccc2c3c1OC1[C@@H](O)C=CC4C(C2)N(C(C)(C)C)CC[C@@]341.CC(C)(C)c1ccc2c(c1)C13CCCCC1[C@H](C2)N(C(C)(C)C)CC3. The smallest absolute Gasteiger partial charge is 0.174 e. The van der Waals surface area contributed by atoms with Crippen molar-refractivity contribution < 1.29 is 53.3 Å². The summed E-state index contributed by atoms with van der Waals surface area (Å²) >= 11 is 0. The molecule has 18 aliphatic rings. The first-order valence-electron chi connectivity index (χ1n) is 53.9. The van der Waals surface area contributed by atoms with Gasteiger partial charge in [0.05, 0.1) is 22.0 Å². The summed E-state index contributed by atoms with van der Waals surface area (Å²) in [5.41, 5.74) is 14.4. The summed E-state index contributed by atoms with van der Waals surface area (Å²) in [7, 11) is 0. The fourth-order valence-electron chi connectivity index (χ4n) is 32.0. The molecule has 5 aromatic rings. The molecule has 3 N–H and O–H groups in total. The molecule has 5 aromatic carbocycles. The zero-order valence-corrected chi connectivity index (χ0v) is 90.2. The Balaban J connectivity index is 0.000000110. The van der Waals surface area contributed by atoms with Gasteiger partial charge in [-0.2, -0.15) is 0 Å². The third-order valence-corrected chi connectivity index (χ3v) is 37.0. The molecule has 8 aliphatic heterocycles. The van der Waals surface area contributed by atoms with E-state index in [1.165, 1.54) is 124 Å². The zero-order chi connectivity index (χ0) is 98.8. The van der Waals surface area contributed by atoms with Gasteiger partial charge in [0.25, 0.3) is 0 Å². The second-order valence-electron chi connectivity index (χ2n) is 55.8. The molecule has 8 heterocycles. The molecule has 3 spiro atoms. The van der Waals surface area contributed by atoms with E-state index >= 15 is 0 Å². The molecule has 0 radical (unpaired) electrons. The van der Waals surface area contributed by atoms with E-state index in [2.05, 4.69) is 291 Å². The lowest BCUT2D eigenvalue weighted by molar-refractivity contribution is -0.199. The van der Waals surface area contributed by atoms with E-state index in [9.17, 15) is 20.1 Å². The number of Topliss-reactive ketones (excluding diaryl/α,β-unsaturated/α-hetero) is 1. The molecule has 23 rings (SSSR count). The van der Waals surface area contributed by atoms with Crippen LogP contribution in [0.15, 0.2) is 97.1 Å². The summed E-state index contributed by atoms with van der Waals surface area (Å²) in [6.07, 6.45) is 26.9. The predicted octanol–water partition coefficient (Wildman–Crippen LogP) is 23.2. The summed E-state index contributed by atoms with van der Waals surface area (Å²) in [5, 5.41) is 35.5. The van der Waals surface area contributed by atoms with Crippen LogP contribution < -0.4 is 33.2 Å². The van der Waals surface area contributed by atoms with Gasteiger partial charge in [0.1, 0.15) is 46.5 Å². The second kappa shape index (κ2) is 33.0. The van der Waals surface area contributed by atoms with Crippen LogP contribution >= 0.6 is 0 Å². The molecule has 16 heteroatoms. The predicted molar refractivity (Wildman–Crippen MR) is 552 cm³/mol. The third kappa shape index (κ3) is 16.1. The molecular formula is C121H175N5O11. The van der Waals surface area contributed by atoms with Gasteiger partial charge in [-0.15, -0.1) is 0 Å². The number of benzene rings is 5. The minimum atomic E-state index is -0.963. The summed E-state index contributed by atoms with van der Waals surface area (Å²) in [4.78, 5) is 26.4.